The summed E-state index contributed by atoms with van der Waals surface area (Å²) in [7, 11) is -3.91. The quantitative estimate of drug-likeness (QED) is 0.170. The van der Waals surface area contributed by atoms with E-state index in [1.807, 2.05) is 33.7 Å². The molecule has 1 saturated carbocycles. The number of aromatic nitrogens is 2. The zero-order valence-electron chi connectivity index (χ0n) is 25.4. The molecule has 1 saturated heterocycles. The lowest BCUT2D eigenvalue weighted by Gasteiger charge is -2.15. The highest BCUT2D eigenvalue weighted by Gasteiger charge is 2.34. The minimum Gasteiger partial charge on any atom is -0.493 e. The molecule has 1 aliphatic carbocycles. The largest absolute Gasteiger partial charge is 0.493 e. The van der Waals surface area contributed by atoms with Gasteiger partial charge in [-0.2, -0.15) is 8.42 Å². The average Bonchev–Trinajstić information content (AvgIpc) is 3.79. The van der Waals surface area contributed by atoms with Crippen LogP contribution in [0.3, 0.4) is 0 Å². The maximum Gasteiger partial charge on any atom is 0.326 e. The minimum atomic E-state index is -3.91. The molecule has 1 N–H and O–H groups in total. The number of anilines is 1. The number of hydrogen-bond donors (Lipinski definition) is 1. The molecule has 2 aliphatic rings. The SMILES string of the molecule is O=C1CN(c2ccc(-n3cc(-c4ccc(Cl)cc4Cl)nc3Cc3ccc(-c4cccc(OCC5CCCC5)c4)cc3)cc2)S(=O)(=O)N1. The van der Waals surface area contributed by atoms with Crippen molar-refractivity contribution >= 4 is 45.0 Å². The van der Waals surface area contributed by atoms with Crippen LogP contribution in [0.1, 0.15) is 37.1 Å². The predicted octanol–water partition coefficient (Wildman–Crippen LogP) is 7.85. The van der Waals surface area contributed by atoms with Crippen molar-refractivity contribution in [2.24, 2.45) is 5.92 Å². The average molecular weight is 688 g/mol. The van der Waals surface area contributed by atoms with Crippen molar-refractivity contribution in [3.05, 3.63) is 119 Å². The van der Waals surface area contributed by atoms with Crippen molar-refractivity contribution in [1.29, 1.82) is 0 Å². The molecule has 1 aromatic heterocycles. The van der Waals surface area contributed by atoms with Gasteiger partial charge in [-0.05, 0) is 90.0 Å². The van der Waals surface area contributed by atoms with Gasteiger partial charge in [0.25, 0.3) is 5.91 Å². The van der Waals surface area contributed by atoms with E-state index in [0.717, 1.165) is 50.4 Å². The molecule has 5 aromatic rings. The number of carbonyl (C=O) groups is 1. The Kier molecular flexibility index (Phi) is 8.70. The maximum atomic E-state index is 12.4. The summed E-state index contributed by atoms with van der Waals surface area (Å²) in [6.45, 7) is 0.514. The second-order valence-corrected chi connectivity index (χ2v) is 14.4. The third-order valence-electron chi connectivity index (χ3n) is 8.67. The molecule has 0 spiro atoms. The van der Waals surface area contributed by atoms with Crippen LogP contribution in [0.15, 0.2) is 97.2 Å². The van der Waals surface area contributed by atoms with Crippen LogP contribution >= 0.6 is 23.2 Å². The van der Waals surface area contributed by atoms with Crippen LogP contribution in [0.25, 0.3) is 28.1 Å². The molecule has 8 nitrogen and oxygen atoms in total. The van der Waals surface area contributed by atoms with Crippen molar-refractivity contribution in [2.75, 3.05) is 17.5 Å². The van der Waals surface area contributed by atoms with Crippen molar-refractivity contribution in [1.82, 2.24) is 14.3 Å². The van der Waals surface area contributed by atoms with Crippen LogP contribution in [0, 0.1) is 5.92 Å². The molecule has 1 aliphatic heterocycles. The van der Waals surface area contributed by atoms with E-state index in [2.05, 4.69) is 36.4 Å². The topological polar surface area (TPSA) is 93.5 Å². The highest BCUT2D eigenvalue weighted by Crippen LogP contribution is 2.33. The predicted molar refractivity (Wildman–Crippen MR) is 186 cm³/mol. The van der Waals surface area contributed by atoms with Crippen molar-refractivity contribution < 1.29 is 17.9 Å². The zero-order valence-corrected chi connectivity index (χ0v) is 27.7. The van der Waals surface area contributed by atoms with Gasteiger partial charge in [-0.15, -0.1) is 0 Å². The summed E-state index contributed by atoms with van der Waals surface area (Å²) in [6, 6.07) is 28.9. The first kappa shape index (κ1) is 31.3. The van der Waals surface area contributed by atoms with Crippen molar-refractivity contribution in [3.63, 3.8) is 0 Å². The summed E-state index contributed by atoms with van der Waals surface area (Å²) in [5.41, 5.74) is 5.83. The van der Waals surface area contributed by atoms with Gasteiger partial charge in [0.05, 0.1) is 23.0 Å². The summed E-state index contributed by atoms with van der Waals surface area (Å²) < 4.78 is 35.9. The van der Waals surface area contributed by atoms with E-state index in [-0.39, 0.29) is 6.54 Å². The van der Waals surface area contributed by atoms with Gasteiger partial charge in [-0.1, -0.05) is 72.4 Å². The summed E-state index contributed by atoms with van der Waals surface area (Å²) in [6.07, 6.45) is 7.54. The van der Waals surface area contributed by atoms with E-state index in [0.29, 0.717) is 33.8 Å². The molecule has 1 amide bonds. The Bertz CT molecular complexity index is 2040. The summed E-state index contributed by atoms with van der Waals surface area (Å²) in [5, 5.41) is 1.02. The minimum absolute atomic E-state index is 0.259. The first-order chi connectivity index (χ1) is 22.7. The van der Waals surface area contributed by atoms with Crippen LogP contribution in [0.2, 0.25) is 10.0 Å². The van der Waals surface area contributed by atoms with E-state index in [4.69, 9.17) is 32.9 Å². The zero-order chi connectivity index (χ0) is 32.5. The molecule has 2 fully saturated rings. The lowest BCUT2D eigenvalue weighted by molar-refractivity contribution is -0.117. The van der Waals surface area contributed by atoms with Gasteiger partial charge >= 0.3 is 10.2 Å². The Labute approximate surface area is 284 Å². The Hall–Kier alpha value is -4.31. The number of amides is 1. The highest BCUT2D eigenvalue weighted by atomic mass is 35.5. The normalized spacial score (nSPS) is 16.0. The molecule has 0 radical (unpaired) electrons. The van der Waals surface area contributed by atoms with E-state index in [1.54, 1.807) is 36.4 Å². The van der Waals surface area contributed by atoms with Crippen LogP contribution in [-0.4, -0.2) is 37.0 Å². The number of nitrogens with one attached hydrogen (secondary N) is 1. The van der Waals surface area contributed by atoms with E-state index >= 15 is 0 Å². The standard InChI is InChI=1S/C36H32Cl2N4O4S/c37-28-12-17-32(33(38)20-28)34-21-41(29-13-15-30(16-14-29)42-22-36(43)40-47(42,44)45)35(39-34)18-24-8-10-26(11-9-24)27-6-3-7-31(19-27)46-23-25-4-1-2-5-25/h3,6-17,19-21,25H,1-2,4-5,18,22-23H2,(H,40,43). The van der Waals surface area contributed by atoms with E-state index in [9.17, 15) is 13.2 Å². The lowest BCUT2D eigenvalue weighted by atomic mass is 10.0. The summed E-state index contributed by atoms with van der Waals surface area (Å²) >= 11 is 12.7. The number of halogens is 2. The fraction of sp³-hybridized carbons (Fsp3) is 0.222. The molecule has 0 atom stereocenters. The molecule has 4 aromatic carbocycles. The van der Waals surface area contributed by atoms with Crippen LogP contribution in [0.4, 0.5) is 5.69 Å². The molecule has 0 unspecified atom stereocenters. The third kappa shape index (κ3) is 6.88. The van der Waals surface area contributed by atoms with Gasteiger partial charge in [-0.3, -0.25) is 4.79 Å². The molecule has 240 valence electrons. The van der Waals surface area contributed by atoms with E-state index in [1.165, 1.54) is 25.7 Å². The van der Waals surface area contributed by atoms with Gasteiger partial charge in [0.2, 0.25) is 0 Å². The fourth-order valence-corrected chi connectivity index (χ4v) is 7.86. The van der Waals surface area contributed by atoms with E-state index < -0.39 is 16.1 Å². The monoisotopic (exact) mass is 686 g/mol. The number of carbonyl (C=O) groups excluding carboxylic acids is 1. The number of imidazole rings is 1. The number of hydrogen-bond acceptors (Lipinski definition) is 5. The van der Waals surface area contributed by atoms with Gasteiger partial charge in [0.1, 0.15) is 18.1 Å². The van der Waals surface area contributed by atoms with Crippen LogP contribution < -0.4 is 13.8 Å². The number of ether oxygens (including phenoxy) is 1. The lowest BCUT2D eigenvalue weighted by Crippen LogP contribution is -2.29. The van der Waals surface area contributed by atoms with Crippen LogP contribution in [0.5, 0.6) is 5.75 Å². The molecule has 11 heteroatoms. The number of nitrogens with zero attached hydrogens (tertiary/aromatic N) is 3. The summed E-state index contributed by atoms with van der Waals surface area (Å²) in [4.78, 5) is 16.7. The second-order valence-electron chi connectivity index (χ2n) is 12.0. The van der Waals surface area contributed by atoms with Crippen LogP contribution in [-0.2, 0) is 21.4 Å². The molecular formula is C36H32Cl2N4O4S. The Morgan fingerprint density at radius 3 is 2.32 bits per heavy atom. The molecule has 7 rings (SSSR count). The smallest absolute Gasteiger partial charge is 0.326 e. The molecular weight excluding hydrogens is 655 g/mol. The molecule has 2 heterocycles. The van der Waals surface area contributed by atoms with Gasteiger partial charge < -0.3 is 9.30 Å². The summed E-state index contributed by atoms with van der Waals surface area (Å²) in [5.74, 6) is 1.75. The first-order valence-electron chi connectivity index (χ1n) is 15.5. The maximum absolute atomic E-state index is 12.4. The Morgan fingerprint density at radius 1 is 0.872 bits per heavy atom. The third-order valence-corrected chi connectivity index (χ3v) is 10.6. The fourth-order valence-electron chi connectivity index (χ4n) is 6.20. The van der Waals surface area contributed by atoms with Crippen molar-refractivity contribution in [2.45, 2.75) is 32.1 Å². The number of rotatable bonds is 9. The van der Waals surface area contributed by atoms with Gasteiger partial charge in [0, 0.05) is 28.9 Å². The second kappa shape index (κ2) is 13.1. The van der Waals surface area contributed by atoms with Gasteiger partial charge in [-0.25, -0.2) is 14.0 Å². The Balaban J connectivity index is 1.16. The van der Waals surface area contributed by atoms with Gasteiger partial charge in [0.15, 0.2) is 0 Å². The molecule has 0 bridgehead atoms. The Morgan fingerprint density at radius 2 is 1.62 bits per heavy atom. The first-order valence-corrected chi connectivity index (χ1v) is 17.7. The molecule has 47 heavy (non-hydrogen) atoms. The number of benzene rings is 4. The highest BCUT2D eigenvalue weighted by molar-refractivity contribution is 7.92. The van der Waals surface area contributed by atoms with Crippen molar-refractivity contribution in [3.8, 4) is 33.8 Å².